The van der Waals surface area contributed by atoms with Crippen molar-refractivity contribution in [3.8, 4) is 0 Å². The standard InChI is InChI=1S/C14H12Cl2F2N2/c15-12-2-1-8(3-13(12)16)4-14(20-19)9-5-10(17)7-11(18)6-9/h1-3,5-7,14,20H,4,19H2. The Morgan fingerprint density at radius 1 is 1.00 bits per heavy atom. The Labute approximate surface area is 125 Å². The minimum absolute atomic E-state index is 0.422. The molecule has 0 radical (unpaired) electrons. The largest absolute Gasteiger partial charge is 0.271 e. The zero-order valence-corrected chi connectivity index (χ0v) is 11.8. The van der Waals surface area contributed by atoms with Gasteiger partial charge in [-0.15, -0.1) is 0 Å². The Hall–Kier alpha value is -1.20. The fourth-order valence-electron chi connectivity index (χ4n) is 1.95. The summed E-state index contributed by atoms with van der Waals surface area (Å²) < 4.78 is 26.5. The number of hydrazine groups is 1. The van der Waals surface area contributed by atoms with E-state index in [2.05, 4.69) is 5.43 Å². The Kier molecular flexibility index (Phi) is 4.94. The zero-order valence-electron chi connectivity index (χ0n) is 10.3. The van der Waals surface area contributed by atoms with E-state index in [-0.39, 0.29) is 0 Å². The number of nitrogens with two attached hydrogens (primary N) is 1. The fraction of sp³-hybridized carbons (Fsp3) is 0.143. The van der Waals surface area contributed by atoms with Crippen LogP contribution in [0.25, 0.3) is 0 Å². The molecule has 0 amide bonds. The van der Waals surface area contributed by atoms with Gasteiger partial charge in [-0.3, -0.25) is 11.3 Å². The van der Waals surface area contributed by atoms with E-state index in [1.54, 1.807) is 18.2 Å². The lowest BCUT2D eigenvalue weighted by Gasteiger charge is -2.17. The van der Waals surface area contributed by atoms with Gasteiger partial charge in [-0.1, -0.05) is 29.3 Å². The van der Waals surface area contributed by atoms with Crippen molar-refractivity contribution in [2.75, 3.05) is 0 Å². The third kappa shape index (κ3) is 3.67. The summed E-state index contributed by atoms with van der Waals surface area (Å²) in [6.45, 7) is 0. The van der Waals surface area contributed by atoms with Crippen molar-refractivity contribution in [3.05, 3.63) is 69.2 Å². The van der Waals surface area contributed by atoms with Gasteiger partial charge in [-0.25, -0.2) is 8.78 Å². The first kappa shape index (κ1) is 15.2. The van der Waals surface area contributed by atoms with Gasteiger partial charge in [0.25, 0.3) is 0 Å². The summed E-state index contributed by atoms with van der Waals surface area (Å²) in [7, 11) is 0. The van der Waals surface area contributed by atoms with Crippen LogP contribution in [0.4, 0.5) is 8.78 Å². The number of benzene rings is 2. The molecule has 20 heavy (non-hydrogen) atoms. The SMILES string of the molecule is NNC(Cc1ccc(Cl)c(Cl)c1)c1cc(F)cc(F)c1. The molecule has 3 N–H and O–H groups in total. The van der Waals surface area contributed by atoms with Gasteiger partial charge in [0.05, 0.1) is 16.1 Å². The lowest BCUT2D eigenvalue weighted by molar-refractivity contribution is 0.530. The summed E-state index contributed by atoms with van der Waals surface area (Å²) in [5.41, 5.74) is 3.83. The zero-order chi connectivity index (χ0) is 14.7. The lowest BCUT2D eigenvalue weighted by atomic mass is 9.99. The second-order valence-electron chi connectivity index (χ2n) is 4.37. The van der Waals surface area contributed by atoms with Crippen molar-refractivity contribution in [1.82, 2.24) is 5.43 Å². The van der Waals surface area contributed by atoms with Crippen LogP contribution in [0.1, 0.15) is 17.2 Å². The molecule has 0 aliphatic carbocycles. The molecule has 0 aliphatic heterocycles. The fourth-order valence-corrected chi connectivity index (χ4v) is 2.27. The molecular formula is C14H12Cl2F2N2. The molecule has 0 fully saturated rings. The van der Waals surface area contributed by atoms with Crippen molar-refractivity contribution in [1.29, 1.82) is 0 Å². The van der Waals surface area contributed by atoms with Crippen LogP contribution in [0, 0.1) is 11.6 Å². The maximum Gasteiger partial charge on any atom is 0.126 e. The molecular weight excluding hydrogens is 305 g/mol. The van der Waals surface area contributed by atoms with E-state index in [9.17, 15) is 8.78 Å². The molecule has 0 aromatic heterocycles. The highest BCUT2D eigenvalue weighted by Gasteiger charge is 2.13. The Bertz CT molecular complexity index is 600. The summed E-state index contributed by atoms with van der Waals surface area (Å²) in [6.07, 6.45) is 0.427. The van der Waals surface area contributed by atoms with E-state index < -0.39 is 17.7 Å². The molecule has 0 aliphatic rings. The molecule has 0 saturated carbocycles. The summed E-state index contributed by atoms with van der Waals surface area (Å²) in [6, 6.07) is 8.02. The molecule has 0 bridgehead atoms. The predicted molar refractivity (Wildman–Crippen MR) is 76.6 cm³/mol. The minimum Gasteiger partial charge on any atom is -0.271 e. The maximum absolute atomic E-state index is 13.2. The summed E-state index contributed by atoms with van der Waals surface area (Å²) in [4.78, 5) is 0. The topological polar surface area (TPSA) is 38.0 Å². The summed E-state index contributed by atoms with van der Waals surface area (Å²) in [5.74, 6) is 4.18. The number of hydrogen-bond donors (Lipinski definition) is 2. The summed E-state index contributed by atoms with van der Waals surface area (Å²) in [5, 5.41) is 0.870. The van der Waals surface area contributed by atoms with Crippen LogP contribution in [-0.4, -0.2) is 0 Å². The van der Waals surface area contributed by atoms with Crippen LogP contribution in [0.15, 0.2) is 36.4 Å². The normalized spacial score (nSPS) is 12.4. The van der Waals surface area contributed by atoms with E-state index in [0.717, 1.165) is 11.6 Å². The van der Waals surface area contributed by atoms with E-state index in [1.165, 1.54) is 12.1 Å². The highest BCUT2D eigenvalue weighted by molar-refractivity contribution is 6.42. The van der Waals surface area contributed by atoms with Crippen molar-refractivity contribution >= 4 is 23.2 Å². The molecule has 2 aromatic rings. The maximum atomic E-state index is 13.2. The van der Waals surface area contributed by atoms with Crippen LogP contribution in [0.2, 0.25) is 10.0 Å². The van der Waals surface area contributed by atoms with Gasteiger partial charge in [-0.05, 0) is 41.8 Å². The average Bonchev–Trinajstić information content (AvgIpc) is 2.38. The van der Waals surface area contributed by atoms with Gasteiger partial charge in [0.2, 0.25) is 0 Å². The first-order valence-electron chi connectivity index (χ1n) is 5.85. The molecule has 1 unspecified atom stereocenters. The second kappa shape index (κ2) is 6.50. The predicted octanol–water partition coefficient (Wildman–Crippen LogP) is 4.02. The van der Waals surface area contributed by atoms with Crippen molar-refractivity contribution in [2.24, 2.45) is 5.84 Å². The molecule has 1 atom stereocenters. The number of nitrogens with one attached hydrogen (secondary N) is 1. The third-order valence-corrected chi connectivity index (χ3v) is 3.65. The average molecular weight is 317 g/mol. The molecule has 0 heterocycles. The molecule has 106 valence electrons. The van der Waals surface area contributed by atoms with Crippen LogP contribution < -0.4 is 11.3 Å². The van der Waals surface area contributed by atoms with Crippen LogP contribution in [0.3, 0.4) is 0 Å². The number of rotatable bonds is 4. The molecule has 2 rings (SSSR count). The van der Waals surface area contributed by atoms with Crippen LogP contribution >= 0.6 is 23.2 Å². The monoisotopic (exact) mass is 316 g/mol. The van der Waals surface area contributed by atoms with Gasteiger partial charge in [-0.2, -0.15) is 0 Å². The van der Waals surface area contributed by atoms with E-state index in [0.29, 0.717) is 22.0 Å². The smallest absolute Gasteiger partial charge is 0.126 e. The van der Waals surface area contributed by atoms with E-state index in [4.69, 9.17) is 29.0 Å². The van der Waals surface area contributed by atoms with E-state index in [1.807, 2.05) is 0 Å². The second-order valence-corrected chi connectivity index (χ2v) is 5.19. The first-order valence-corrected chi connectivity index (χ1v) is 6.61. The van der Waals surface area contributed by atoms with E-state index >= 15 is 0 Å². The number of halogens is 4. The molecule has 2 nitrogen and oxygen atoms in total. The van der Waals surface area contributed by atoms with Crippen molar-refractivity contribution < 1.29 is 8.78 Å². The lowest BCUT2D eigenvalue weighted by Crippen LogP contribution is -2.29. The third-order valence-electron chi connectivity index (χ3n) is 2.91. The Morgan fingerprint density at radius 2 is 1.65 bits per heavy atom. The molecule has 0 saturated heterocycles. The van der Waals surface area contributed by atoms with Gasteiger partial charge >= 0.3 is 0 Å². The van der Waals surface area contributed by atoms with Gasteiger partial charge in [0, 0.05) is 6.07 Å². The number of hydrogen-bond acceptors (Lipinski definition) is 2. The molecule has 6 heteroatoms. The highest BCUT2D eigenvalue weighted by atomic mass is 35.5. The highest BCUT2D eigenvalue weighted by Crippen LogP contribution is 2.26. The Morgan fingerprint density at radius 3 is 2.20 bits per heavy atom. The molecule has 2 aromatic carbocycles. The van der Waals surface area contributed by atoms with Gasteiger partial charge < -0.3 is 0 Å². The van der Waals surface area contributed by atoms with Gasteiger partial charge in [0.15, 0.2) is 0 Å². The molecule has 0 spiro atoms. The van der Waals surface area contributed by atoms with Crippen molar-refractivity contribution in [2.45, 2.75) is 12.5 Å². The van der Waals surface area contributed by atoms with Gasteiger partial charge in [0.1, 0.15) is 11.6 Å². The quantitative estimate of drug-likeness (QED) is 0.660. The Balaban J connectivity index is 2.26. The minimum atomic E-state index is -0.644. The first-order chi connectivity index (χ1) is 9.49. The summed E-state index contributed by atoms with van der Waals surface area (Å²) >= 11 is 11.8. The van der Waals surface area contributed by atoms with Crippen molar-refractivity contribution in [3.63, 3.8) is 0 Å². The van der Waals surface area contributed by atoms with Crippen LogP contribution in [0.5, 0.6) is 0 Å². The van der Waals surface area contributed by atoms with Crippen LogP contribution in [-0.2, 0) is 6.42 Å².